The van der Waals surface area contributed by atoms with Crippen molar-refractivity contribution in [2.45, 2.75) is 18.4 Å². The number of H-pyrrole nitrogens is 2. The van der Waals surface area contributed by atoms with Crippen LogP contribution >= 0.6 is 0 Å². The molecule has 0 atom stereocenters. The Kier molecular flexibility index (Phi) is 2.75. The fraction of sp³-hybridized carbons (Fsp3) is 0.250. The number of nitrogens with zero attached hydrogens (tertiary/aromatic N) is 2. The smallest absolute Gasteiger partial charge is 0.244 e. The zero-order valence-electron chi connectivity index (χ0n) is 8.56. The zero-order valence-corrected chi connectivity index (χ0v) is 9.37. The number of hydrogen-bond acceptors (Lipinski definition) is 4. The van der Waals surface area contributed by atoms with Gasteiger partial charge in [0.05, 0.1) is 18.4 Å². The van der Waals surface area contributed by atoms with E-state index in [1.165, 1.54) is 6.20 Å². The molecule has 0 amide bonds. The van der Waals surface area contributed by atoms with Crippen LogP contribution in [0.15, 0.2) is 23.5 Å². The molecule has 16 heavy (non-hydrogen) atoms. The van der Waals surface area contributed by atoms with E-state index in [4.69, 9.17) is 0 Å². The Balaban J connectivity index is 2.13. The van der Waals surface area contributed by atoms with E-state index >= 15 is 0 Å². The topological polar surface area (TPSA) is 104 Å². The summed E-state index contributed by atoms with van der Waals surface area (Å²) in [7, 11) is -3.53. The summed E-state index contributed by atoms with van der Waals surface area (Å²) in [5.41, 5.74) is 0.506. The van der Waals surface area contributed by atoms with Crippen LogP contribution in [0.1, 0.15) is 11.5 Å². The molecule has 0 aliphatic carbocycles. The third kappa shape index (κ3) is 2.12. The van der Waals surface area contributed by atoms with Crippen LogP contribution in [0.5, 0.6) is 0 Å². The molecule has 0 fully saturated rings. The minimum absolute atomic E-state index is 0.125. The summed E-state index contributed by atoms with van der Waals surface area (Å²) in [6.07, 6.45) is 4.47. The number of rotatable bonds is 4. The molecule has 2 aromatic heterocycles. The average Bonchev–Trinajstić information content (AvgIpc) is 2.85. The predicted molar refractivity (Wildman–Crippen MR) is 55.9 cm³/mol. The standard InChI is InChI=1S/C8H11N5O2S/c1-6-7(4-11-13-6)16(14,15)12-5-8-9-2-3-10-8/h2-4,12H,5H2,1H3,(H,9,10)(H,11,13). The molecule has 0 radical (unpaired) electrons. The summed E-state index contributed by atoms with van der Waals surface area (Å²) in [6, 6.07) is 0. The Morgan fingerprint density at radius 1 is 1.50 bits per heavy atom. The second-order valence-electron chi connectivity index (χ2n) is 3.22. The first kappa shape index (κ1) is 10.8. The lowest BCUT2D eigenvalue weighted by molar-refractivity contribution is 0.579. The van der Waals surface area contributed by atoms with Crippen LogP contribution in [0.3, 0.4) is 0 Å². The van der Waals surface area contributed by atoms with E-state index in [0.717, 1.165) is 0 Å². The highest BCUT2D eigenvalue weighted by Gasteiger charge is 2.18. The third-order valence-electron chi connectivity index (χ3n) is 2.06. The molecule has 86 valence electrons. The quantitative estimate of drug-likeness (QED) is 0.696. The number of aryl methyl sites for hydroxylation is 1. The van der Waals surface area contributed by atoms with Crippen LogP contribution in [0.4, 0.5) is 0 Å². The molecule has 7 nitrogen and oxygen atoms in total. The lowest BCUT2D eigenvalue weighted by Gasteiger charge is -2.03. The number of sulfonamides is 1. The molecule has 2 aromatic rings. The Morgan fingerprint density at radius 2 is 2.31 bits per heavy atom. The molecule has 0 aliphatic rings. The summed E-state index contributed by atoms with van der Waals surface area (Å²) >= 11 is 0. The van der Waals surface area contributed by atoms with Crippen LogP contribution in [-0.2, 0) is 16.6 Å². The van der Waals surface area contributed by atoms with E-state index in [0.29, 0.717) is 11.5 Å². The molecule has 0 aromatic carbocycles. The second kappa shape index (κ2) is 4.06. The van der Waals surface area contributed by atoms with Gasteiger partial charge in [0.15, 0.2) is 0 Å². The van der Waals surface area contributed by atoms with Gasteiger partial charge in [-0.05, 0) is 6.92 Å². The van der Waals surface area contributed by atoms with Gasteiger partial charge in [0.1, 0.15) is 10.7 Å². The average molecular weight is 241 g/mol. The maximum absolute atomic E-state index is 11.8. The molecule has 0 spiro atoms. The molecular formula is C8H11N5O2S. The van der Waals surface area contributed by atoms with Crippen molar-refractivity contribution in [1.82, 2.24) is 24.9 Å². The van der Waals surface area contributed by atoms with Gasteiger partial charge < -0.3 is 4.98 Å². The van der Waals surface area contributed by atoms with Crippen LogP contribution < -0.4 is 4.72 Å². The summed E-state index contributed by atoms with van der Waals surface area (Å²) in [6.45, 7) is 1.77. The van der Waals surface area contributed by atoms with Crippen molar-refractivity contribution in [2.75, 3.05) is 0 Å². The van der Waals surface area contributed by atoms with E-state index in [-0.39, 0.29) is 11.4 Å². The summed E-state index contributed by atoms with van der Waals surface area (Å²) < 4.78 is 26.0. The van der Waals surface area contributed by atoms with Crippen molar-refractivity contribution in [3.8, 4) is 0 Å². The highest BCUT2D eigenvalue weighted by molar-refractivity contribution is 7.89. The molecule has 0 saturated carbocycles. The van der Waals surface area contributed by atoms with Crippen LogP contribution in [0.2, 0.25) is 0 Å². The van der Waals surface area contributed by atoms with E-state index in [9.17, 15) is 8.42 Å². The van der Waals surface area contributed by atoms with Gasteiger partial charge in [-0.25, -0.2) is 18.1 Å². The lowest BCUT2D eigenvalue weighted by atomic mass is 10.5. The van der Waals surface area contributed by atoms with Gasteiger partial charge in [-0.15, -0.1) is 0 Å². The predicted octanol–water partition coefficient (Wildman–Crippen LogP) is -0.0803. The van der Waals surface area contributed by atoms with Crippen molar-refractivity contribution in [2.24, 2.45) is 0 Å². The highest BCUT2D eigenvalue weighted by atomic mass is 32.2. The number of aromatic amines is 2. The molecule has 8 heteroatoms. The minimum Gasteiger partial charge on any atom is -0.347 e. The number of hydrogen-bond donors (Lipinski definition) is 3. The first-order valence-corrected chi connectivity index (χ1v) is 6.06. The SMILES string of the molecule is Cc1[nH]ncc1S(=O)(=O)NCc1ncc[nH]1. The first-order valence-electron chi connectivity index (χ1n) is 4.57. The monoisotopic (exact) mass is 241 g/mol. The van der Waals surface area contributed by atoms with Crippen molar-refractivity contribution in [1.29, 1.82) is 0 Å². The molecule has 3 N–H and O–H groups in total. The third-order valence-corrected chi connectivity index (χ3v) is 3.57. The fourth-order valence-electron chi connectivity index (χ4n) is 1.25. The van der Waals surface area contributed by atoms with Gasteiger partial charge >= 0.3 is 0 Å². The minimum atomic E-state index is -3.53. The van der Waals surface area contributed by atoms with Gasteiger partial charge in [0, 0.05) is 12.4 Å². The molecule has 0 saturated heterocycles. The summed E-state index contributed by atoms with van der Waals surface area (Å²) in [5.74, 6) is 0.560. The van der Waals surface area contributed by atoms with Gasteiger partial charge in [0.25, 0.3) is 0 Å². The van der Waals surface area contributed by atoms with Gasteiger partial charge in [-0.2, -0.15) is 5.10 Å². The van der Waals surface area contributed by atoms with E-state index in [1.807, 2.05) is 0 Å². The van der Waals surface area contributed by atoms with Gasteiger partial charge in [0.2, 0.25) is 10.0 Å². The van der Waals surface area contributed by atoms with Crippen molar-refractivity contribution >= 4 is 10.0 Å². The second-order valence-corrected chi connectivity index (χ2v) is 4.96. The molecule has 2 heterocycles. The van der Waals surface area contributed by atoms with Crippen LogP contribution in [-0.4, -0.2) is 28.6 Å². The van der Waals surface area contributed by atoms with Crippen LogP contribution in [0.25, 0.3) is 0 Å². The Labute approximate surface area is 92.4 Å². The summed E-state index contributed by atoms with van der Waals surface area (Å²) in [5, 5.41) is 6.24. The molecule has 2 rings (SSSR count). The van der Waals surface area contributed by atoms with Crippen LogP contribution in [0, 0.1) is 6.92 Å². The molecular weight excluding hydrogens is 230 g/mol. The number of imidazole rings is 1. The van der Waals surface area contributed by atoms with Crippen molar-refractivity contribution in [3.63, 3.8) is 0 Å². The maximum Gasteiger partial charge on any atom is 0.244 e. The van der Waals surface area contributed by atoms with E-state index < -0.39 is 10.0 Å². The van der Waals surface area contributed by atoms with E-state index in [1.54, 1.807) is 19.3 Å². The van der Waals surface area contributed by atoms with Gasteiger partial charge in [-0.3, -0.25) is 5.10 Å². The largest absolute Gasteiger partial charge is 0.347 e. The fourth-order valence-corrected chi connectivity index (χ4v) is 2.37. The van der Waals surface area contributed by atoms with Crippen molar-refractivity contribution in [3.05, 3.63) is 30.1 Å². The van der Waals surface area contributed by atoms with Crippen molar-refractivity contribution < 1.29 is 8.42 Å². The Morgan fingerprint density at radius 3 is 2.88 bits per heavy atom. The molecule has 0 aliphatic heterocycles. The zero-order chi connectivity index (χ0) is 11.6. The lowest BCUT2D eigenvalue weighted by Crippen LogP contribution is -2.24. The number of aromatic nitrogens is 4. The summed E-state index contributed by atoms with van der Waals surface area (Å²) in [4.78, 5) is 6.88. The highest BCUT2D eigenvalue weighted by Crippen LogP contribution is 2.10. The maximum atomic E-state index is 11.8. The molecule has 0 bridgehead atoms. The first-order chi connectivity index (χ1) is 7.59. The van der Waals surface area contributed by atoms with Gasteiger partial charge in [-0.1, -0.05) is 0 Å². The van der Waals surface area contributed by atoms with E-state index in [2.05, 4.69) is 24.9 Å². The number of nitrogens with one attached hydrogen (secondary N) is 3. The Bertz CT molecular complexity index is 557. The Hall–Kier alpha value is -1.67. The normalized spacial score (nSPS) is 11.8. The molecule has 0 unspecified atom stereocenters.